The van der Waals surface area contributed by atoms with Crippen LogP contribution in [-0.2, 0) is 27.9 Å². The van der Waals surface area contributed by atoms with E-state index in [1.165, 1.54) is 128 Å². The average Bonchev–Trinajstić information content (AvgIpc) is 3.40. The van der Waals surface area contributed by atoms with E-state index in [1.807, 2.05) is 33.3 Å². The van der Waals surface area contributed by atoms with Gasteiger partial charge in [0.25, 0.3) is 7.82 Å². The molecule has 3 unspecified atom stereocenters. The predicted octanol–water partition coefficient (Wildman–Crippen LogP) is 19.5. The number of phosphoric acid groups is 1. The molecule has 0 fully saturated rings. The zero-order chi connectivity index (χ0) is 57.2. The first-order valence-electron chi connectivity index (χ1n) is 32.4. The van der Waals surface area contributed by atoms with Crippen molar-refractivity contribution in [3.63, 3.8) is 0 Å². The van der Waals surface area contributed by atoms with Crippen LogP contribution in [0, 0.1) is 0 Å². The molecule has 0 rings (SSSR count). The smallest absolute Gasteiger partial charge is 0.306 e. The lowest BCUT2D eigenvalue weighted by Crippen LogP contribution is -2.47. The Morgan fingerprint density at radius 3 is 1.19 bits per heavy atom. The first kappa shape index (κ1) is 75.2. The number of hydrogen-bond donors (Lipinski definition) is 1. The Labute approximate surface area is 482 Å². The number of likely N-dealkylation sites (N-methyl/N-ethyl adjacent to an activating group) is 1. The van der Waals surface area contributed by atoms with Crippen LogP contribution in [0.2, 0.25) is 0 Å². The zero-order valence-electron chi connectivity index (χ0n) is 51.6. The lowest BCUT2D eigenvalue weighted by Gasteiger charge is -2.30. The quantitative estimate of drug-likeness (QED) is 0.0212. The standard InChI is InChI=1S/C68H123N2O7P/c1-7-10-13-16-19-22-25-28-30-32-34-35-37-39-41-43-46-49-52-55-58-61-68(72)77-66(59-56-53-50-47-44-27-24-21-18-15-12-9-3)65(64-76-78(73,74)75-63-62-70(4,5)6)69-67(71)60-57-54-51-48-45-42-40-38-36-33-31-29-26-23-20-17-14-11-8-2/h19-20,22-23,28-31,34-36,38,56,59,65-66H,7-18,21,24-27,32-33,37,39-55,57-58,60-64H2,1-6H3,(H-,69,71,73,74)/b22-19-,23-20-,30-28-,31-29-,35-34-,38-36-,59-56+. The molecule has 0 aliphatic rings. The van der Waals surface area contributed by atoms with E-state index in [4.69, 9.17) is 13.8 Å². The Kier molecular flexibility index (Phi) is 55.4. The van der Waals surface area contributed by atoms with Crippen LogP contribution in [0.25, 0.3) is 0 Å². The van der Waals surface area contributed by atoms with Gasteiger partial charge in [-0.2, -0.15) is 0 Å². The maximum atomic E-state index is 13.5. The van der Waals surface area contributed by atoms with Crippen LogP contribution in [0.5, 0.6) is 0 Å². The van der Waals surface area contributed by atoms with Crippen LogP contribution in [0.1, 0.15) is 284 Å². The summed E-state index contributed by atoms with van der Waals surface area (Å²) in [6.07, 6.45) is 75.4. The highest BCUT2D eigenvalue weighted by Gasteiger charge is 2.27. The second-order valence-corrected chi connectivity index (χ2v) is 24.3. The van der Waals surface area contributed by atoms with E-state index in [9.17, 15) is 19.0 Å². The summed E-state index contributed by atoms with van der Waals surface area (Å²) in [5.41, 5.74) is 0. The Hall–Kier alpha value is -2.81. The number of nitrogens with one attached hydrogen (secondary N) is 1. The fourth-order valence-electron chi connectivity index (χ4n) is 9.01. The van der Waals surface area contributed by atoms with Gasteiger partial charge in [0.15, 0.2) is 0 Å². The third-order valence-corrected chi connectivity index (χ3v) is 15.0. The van der Waals surface area contributed by atoms with Gasteiger partial charge >= 0.3 is 5.97 Å². The molecule has 0 spiro atoms. The molecule has 1 amide bonds. The number of amides is 1. The second kappa shape index (κ2) is 57.4. The van der Waals surface area contributed by atoms with Gasteiger partial charge in [-0.1, -0.05) is 247 Å². The Morgan fingerprint density at radius 2 is 0.782 bits per heavy atom. The van der Waals surface area contributed by atoms with Crippen molar-refractivity contribution in [3.05, 3.63) is 85.1 Å². The van der Waals surface area contributed by atoms with Crippen LogP contribution in [0.15, 0.2) is 85.1 Å². The van der Waals surface area contributed by atoms with Gasteiger partial charge in [0.1, 0.15) is 19.3 Å². The highest BCUT2D eigenvalue weighted by molar-refractivity contribution is 7.45. The Balaban J connectivity index is 5.25. The molecule has 0 saturated heterocycles. The summed E-state index contributed by atoms with van der Waals surface area (Å²) < 4.78 is 30.3. The van der Waals surface area contributed by atoms with Crippen molar-refractivity contribution in [1.82, 2.24) is 5.32 Å². The van der Waals surface area contributed by atoms with E-state index in [0.29, 0.717) is 17.4 Å². The molecular formula is C68H123N2O7P. The fraction of sp³-hybridized carbons (Fsp3) is 0.765. The van der Waals surface area contributed by atoms with E-state index >= 15 is 0 Å². The molecular weight excluding hydrogens is 988 g/mol. The molecule has 0 saturated carbocycles. The van der Waals surface area contributed by atoms with Crippen molar-refractivity contribution in [2.75, 3.05) is 40.9 Å². The maximum absolute atomic E-state index is 13.5. The van der Waals surface area contributed by atoms with Crippen molar-refractivity contribution in [1.29, 1.82) is 0 Å². The number of carbonyl (C=O) groups excluding carboxylic acids is 2. The molecule has 10 heteroatoms. The highest BCUT2D eigenvalue weighted by Crippen LogP contribution is 2.38. The number of nitrogens with zero attached hydrogens (tertiary/aromatic N) is 1. The number of ether oxygens (including phenoxy) is 1. The molecule has 452 valence electrons. The van der Waals surface area contributed by atoms with E-state index in [0.717, 1.165) is 122 Å². The SMILES string of the molecule is CCCCC/C=C\C/C=C\C/C=C\CCCCCCCCCCC(=O)OC(/C=C/CCCCCCCCCCCC)C(COP(=O)([O-])OCC[N+](C)(C)C)NC(=O)CCCCCCCC/C=C\C/C=C\C/C=C\CCCCC. The molecule has 0 aliphatic carbocycles. The lowest BCUT2D eigenvalue weighted by atomic mass is 10.0. The highest BCUT2D eigenvalue weighted by atomic mass is 31.2. The summed E-state index contributed by atoms with van der Waals surface area (Å²) in [6, 6.07) is -0.903. The van der Waals surface area contributed by atoms with Gasteiger partial charge in [-0.15, -0.1) is 0 Å². The van der Waals surface area contributed by atoms with Crippen molar-refractivity contribution in [2.45, 2.75) is 296 Å². The molecule has 0 aromatic carbocycles. The van der Waals surface area contributed by atoms with Gasteiger partial charge in [0, 0.05) is 12.8 Å². The molecule has 0 aliphatic heterocycles. The zero-order valence-corrected chi connectivity index (χ0v) is 52.5. The van der Waals surface area contributed by atoms with Gasteiger partial charge in [0.2, 0.25) is 5.91 Å². The predicted molar refractivity (Wildman–Crippen MR) is 335 cm³/mol. The third-order valence-electron chi connectivity index (χ3n) is 14.0. The molecule has 3 atom stereocenters. The first-order valence-corrected chi connectivity index (χ1v) is 33.9. The van der Waals surface area contributed by atoms with E-state index in [-0.39, 0.29) is 24.9 Å². The summed E-state index contributed by atoms with van der Waals surface area (Å²) in [7, 11) is 1.16. The van der Waals surface area contributed by atoms with Gasteiger partial charge in [-0.05, 0) is 109 Å². The third kappa shape index (κ3) is 57.9. The largest absolute Gasteiger partial charge is 0.756 e. The minimum absolute atomic E-state index is 0.0296. The lowest BCUT2D eigenvalue weighted by molar-refractivity contribution is -0.870. The Morgan fingerprint density at radius 1 is 0.449 bits per heavy atom. The van der Waals surface area contributed by atoms with Crippen molar-refractivity contribution in [3.8, 4) is 0 Å². The number of esters is 1. The number of hydrogen-bond acceptors (Lipinski definition) is 7. The summed E-state index contributed by atoms with van der Waals surface area (Å²) >= 11 is 0. The average molecular weight is 1110 g/mol. The fourth-order valence-corrected chi connectivity index (χ4v) is 9.73. The number of allylic oxidation sites excluding steroid dienone is 13. The van der Waals surface area contributed by atoms with Crippen molar-refractivity contribution in [2.24, 2.45) is 0 Å². The van der Waals surface area contributed by atoms with Gasteiger partial charge in [-0.3, -0.25) is 14.2 Å². The molecule has 0 aromatic heterocycles. The first-order chi connectivity index (χ1) is 37.9. The van der Waals surface area contributed by atoms with Gasteiger partial charge < -0.3 is 28.5 Å². The molecule has 1 N–H and O–H groups in total. The van der Waals surface area contributed by atoms with Crippen molar-refractivity contribution < 1.29 is 37.3 Å². The maximum Gasteiger partial charge on any atom is 0.306 e. The number of rotatable bonds is 58. The topological polar surface area (TPSA) is 114 Å². The summed E-state index contributed by atoms with van der Waals surface area (Å²) in [5.74, 6) is -0.563. The number of phosphoric ester groups is 1. The number of quaternary nitrogens is 1. The number of unbranched alkanes of at least 4 members (excludes halogenated alkanes) is 30. The van der Waals surface area contributed by atoms with Crippen LogP contribution in [-0.4, -0.2) is 69.4 Å². The van der Waals surface area contributed by atoms with Crippen LogP contribution < -0.4 is 10.2 Å². The summed E-state index contributed by atoms with van der Waals surface area (Å²) in [5, 5.41) is 3.02. The summed E-state index contributed by atoms with van der Waals surface area (Å²) in [6.45, 7) is 6.78. The molecule has 9 nitrogen and oxygen atoms in total. The van der Waals surface area contributed by atoms with E-state index in [1.54, 1.807) is 0 Å². The summed E-state index contributed by atoms with van der Waals surface area (Å²) in [4.78, 5) is 40.1. The molecule has 0 heterocycles. The molecule has 0 aromatic rings. The normalized spacial score (nSPS) is 14.2. The van der Waals surface area contributed by atoms with E-state index < -0.39 is 26.6 Å². The minimum Gasteiger partial charge on any atom is -0.756 e. The monoisotopic (exact) mass is 1110 g/mol. The van der Waals surface area contributed by atoms with Crippen LogP contribution in [0.4, 0.5) is 0 Å². The van der Waals surface area contributed by atoms with Crippen LogP contribution >= 0.6 is 7.82 Å². The van der Waals surface area contributed by atoms with Gasteiger partial charge in [-0.25, -0.2) is 0 Å². The second-order valence-electron chi connectivity index (χ2n) is 22.9. The number of carbonyl (C=O) groups is 2. The molecule has 78 heavy (non-hydrogen) atoms. The molecule has 0 bridgehead atoms. The van der Waals surface area contributed by atoms with Gasteiger partial charge in [0.05, 0.1) is 33.8 Å². The van der Waals surface area contributed by atoms with Crippen molar-refractivity contribution >= 4 is 19.7 Å². The minimum atomic E-state index is -4.71. The van der Waals surface area contributed by atoms with Crippen LogP contribution in [0.3, 0.4) is 0 Å². The van der Waals surface area contributed by atoms with E-state index in [2.05, 4.69) is 99.0 Å². The molecule has 0 radical (unpaired) electrons. The Bertz CT molecular complexity index is 1610.